The van der Waals surface area contributed by atoms with Crippen LogP contribution in [0.5, 0.6) is 0 Å². The lowest BCUT2D eigenvalue weighted by atomic mass is 10.1. The van der Waals surface area contributed by atoms with Gasteiger partial charge >= 0.3 is 5.97 Å². The lowest BCUT2D eigenvalue weighted by molar-refractivity contribution is 0.0511. The molecular weight excluding hydrogens is 255 g/mol. The van der Waals surface area contributed by atoms with Gasteiger partial charge in [-0.1, -0.05) is 11.4 Å². The summed E-state index contributed by atoms with van der Waals surface area (Å²) in [6.45, 7) is 2.28. The number of benzene rings is 1. The molecule has 0 saturated carbocycles. The molecule has 1 aromatic carbocycles. The van der Waals surface area contributed by atoms with Gasteiger partial charge in [-0.3, -0.25) is 0 Å². The van der Waals surface area contributed by atoms with Crippen LogP contribution in [-0.2, 0) is 4.74 Å². The van der Waals surface area contributed by atoms with Gasteiger partial charge in [-0.2, -0.15) is 0 Å². The van der Waals surface area contributed by atoms with Crippen LogP contribution < -0.4 is 0 Å². The van der Waals surface area contributed by atoms with E-state index < -0.39 is 5.97 Å². The van der Waals surface area contributed by atoms with E-state index in [2.05, 4.69) is 9.59 Å². The third kappa shape index (κ3) is 2.70. The minimum Gasteiger partial charge on any atom is -0.461 e. The van der Waals surface area contributed by atoms with Crippen molar-refractivity contribution in [1.29, 1.82) is 0 Å². The van der Waals surface area contributed by atoms with Crippen LogP contribution in [0.3, 0.4) is 0 Å². The summed E-state index contributed by atoms with van der Waals surface area (Å²) < 4.78 is 21.6. The van der Waals surface area contributed by atoms with E-state index in [9.17, 15) is 9.18 Å². The maximum Gasteiger partial charge on any atom is 0.352 e. The normalized spacial score (nSPS) is 10.3. The summed E-state index contributed by atoms with van der Waals surface area (Å²) in [5, 5.41) is 3.89. The smallest absolute Gasteiger partial charge is 0.352 e. The molecule has 0 saturated heterocycles. The van der Waals surface area contributed by atoms with Crippen molar-refractivity contribution in [3.63, 3.8) is 0 Å². The number of aromatic nitrogens is 2. The van der Waals surface area contributed by atoms with Crippen LogP contribution in [0.4, 0.5) is 4.39 Å². The molecule has 6 heteroatoms. The zero-order valence-corrected chi connectivity index (χ0v) is 10.5. The van der Waals surface area contributed by atoms with E-state index in [4.69, 9.17) is 4.74 Å². The van der Waals surface area contributed by atoms with E-state index in [1.54, 1.807) is 12.1 Å². The lowest BCUT2D eigenvalue weighted by Gasteiger charge is -2.02. The maximum absolute atomic E-state index is 12.8. The number of esters is 1. The molecule has 2 aromatic rings. The molecule has 2 rings (SSSR count). The second-order valence-electron chi connectivity index (χ2n) is 3.59. The van der Waals surface area contributed by atoms with Crippen molar-refractivity contribution < 1.29 is 13.9 Å². The van der Waals surface area contributed by atoms with Gasteiger partial charge in [0.25, 0.3) is 0 Å². The fourth-order valence-corrected chi connectivity index (χ4v) is 1.96. The molecule has 94 valence electrons. The van der Waals surface area contributed by atoms with Crippen LogP contribution in [0.25, 0.3) is 11.3 Å². The van der Waals surface area contributed by atoms with Gasteiger partial charge in [-0.25, -0.2) is 9.18 Å². The van der Waals surface area contributed by atoms with Crippen molar-refractivity contribution >= 4 is 17.5 Å². The molecule has 0 bridgehead atoms. The van der Waals surface area contributed by atoms with Crippen LogP contribution in [0.2, 0.25) is 0 Å². The molecule has 0 aliphatic heterocycles. The Balaban J connectivity index is 2.27. The minimum atomic E-state index is -0.439. The molecule has 0 aliphatic rings. The minimum absolute atomic E-state index is 0.336. The van der Waals surface area contributed by atoms with Gasteiger partial charge in [-0.05, 0) is 42.2 Å². The first-order valence-electron chi connectivity index (χ1n) is 5.47. The summed E-state index contributed by atoms with van der Waals surface area (Å²) >= 11 is 0.978. The zero-order valence-electron chi connectivity index (χ0n) is 9.72. The number of rotatable bonds is 4. The van der Waals surface area contributed by atoms with E-state index in [-0.39, 0.29) is 5.82 Å². The molecule has 1 aromatic heterocycles. The fraction of sp³-hybridized carbons (Fsp3) is 0.250. The molecule has 0 radical (unpaired) electrons. The Hall–Kier alpha value is -1.82. The molecule has 0 unspecified atom stereocenters. The molecule has 0 N–H and O–H groups in total. The summed E-state index contributed by atoms with van der Waals surface area (Å²) in [4.78, 5) is 12.1. The molecular formula is C12H11FN2O2S. The van der Waals surface area contributed by atoms with Gasteiger partial charge < -0.3 is 4.74 Å². The molecule has 1 heterocycles. The van der Waals surface area contributed by atoms with Crippen molar-refractivity contribution in [3.8, 4) is 11.3 Å². The van der Waals surface area contributed by atoms with Gasteiger partial charge in [0, 0.05) is 5.56 Å². The van der Waals surface area contributed by atoms with Crippen molar-refractivity contribution in [2.24, 2.45) is 0 Å². The van der Waals surface area contributed by atoms with Crippen molar-refractivity contribution in [2.45, 2.75) is 13.3 Å². The first-order valence-corrected chi connectivity index (χ1v) is 6.25. The highest BCUT2D eigenvalue weighted by Crippen LogP contribution is 2.24. The number of ether oxygens (including phenoxy) is 1. The van der Waals surface area contributed by atoms with E-state index in [1.807, 2.05) is 6.92 Å². The molecule has 4 nitrogen and oxygen atoms in total. The Labute approximate surface area is 108 Å². The van der Waals surface area contributed by atoms with Crippen LogP contribution >= 0.6 is 11.5 Å². The van der Waals surface area contributed by atoms with Crippen LogP contribution in [0, 0.1) is 5.82 Å². The molecule has 0 amide bonds. The van der Waals surface area contributed by atoms with Gasteiger partial charge in [0.15, 0.2) is 4.88 Å². The number of hydrogen-bond donors (Lipinski definition) is 0. The fourth-order valence-electron chi connectivity index (χ4n) is 1.38. The summed E-state index contributed by atoms with van der Waals surface area (Å²) in [6, 6.07) is 5.75. The van der Waals surface area contributed by atoms with Gasteiger partial charge in [0.1, 0.15) is 11.5 Å². The second-order valence-corrected chi connectivity index (χ2v) is 4.35. The molecule has 0 spiro atoms. The quantitative estimate of drug-likeness (QED) is 0.798. The predicted molar refractivity (Wildman–Crippen MR) is 65.9 cm³/mol. The molecule has 0 atom stereocenters. The SMILES string of the molecule is CCCOC(=O)c1snnc1-c1ccc(F)cc1. The number of carbonyl (C=O) groups excluding carboxylic acids is 1. The number of nitrogens with zero attached hydrogens (tertiary/aromatic N) is 2. The monoisotopic (exact) mass is 266 g/mol. The third-order valence-corrected chi connectivity index (χ3v) is 2.93. The molecule has 0 aliphatic carbocycles. The Morgan fingerprint density at radius 1 is 1.39 bits per heavy atom. The second kappa shape index (κ2) is 5.68. The summed E-state index contributed by atoms with van der Waals surface area (Å²) in [5.74, 6) is -0.775. The lowest BCUT2D eigenvalue weighted by Crippen LogP contribution is -2.05. The summed E-state index contributed by atoms with van der Waals surface area (Å²) in [6.07, 6.45) is 0.754. The van der Waals surface area contributed by atoms with Gasteiger partial charge in [-0.15, -0.1) is 5.10 Å². The van der Waals surface area contributed by atoms with Crippen LogP contribution in [0.15, 0.2) is 24.3 Å². The Bertz CT molecular complexity index is 539. The van der Waals surface area contributed by atoms with E-state index in [1.165, 1.54) is 12.1 Å². The van der Waals surface area contributed by atoms with Crippen molar-refractivity contribution in [1.82, 2.24) is 9.59 Å². The average Bonchev–Trinajstić information content (AvgIpc) is 2.86. The van der Waals surface area contributed by atoms with Gasteiger partial charge in [0.05, 0.1) is 6.61 Å². The van der Waals surface area contributed by atoms with E-state index >= 15 is 0 Å². The molecule has 18 heavy (non-hydrogen) atoms. The zero-order chi connectivity index (χ0) is 13.0. The summed E-state index contributed by atoms with van der Waals surface area (Å²) in [5.41, 5.74) is 1.08. The van der Waals surface area contributed by atoms with Crippen molar-refractivity contribution in [2.75, 3.05) is 6.61 Å². The topological polar surface area (TPSA) is 52.1 Å². The highest BCUT2D eigenvalue weighted by Gasteiger charge is 2.18. The van der Waals surface area contributed by atoms with Gasteiger partial charge in [0.2, 0.25) is 0 Å². The first kappa shape index (κ1) is 12.6. The first-order chi connectivity index (χ1) is 8.72. The van der Waals surface area contributed by atoms with Crippen molar-refractivity contribution in [3.05, 3.63) is 35.0 Å². The highest BCUT2D eigenvalue weighted by atomic mass is 32.1. The van der Waals surface area contributed by atoms with E-state index in [0.717, 1.165) is 18.0 Å². The summed E-state index contributed by atoms with van der Waals surface area (Å²) in [7, 11) is 0. The van der Waals surface area contributed by atoms with Crippen LogP contribution in [0.1, 0.15) is 23.0 Å². The highest BCUT2D eigenvalue weighted by molar-refractivity contribution is 7.08. The molecule has 0 fully saturated rings. The third-order valence-electron chi connectivity index (χ3n) is 2.23. The average molecular weight is 266 g/mol. The van der Waals surface area contributed by atoms with E-state index in [0.29, 0.717) is 22.7 Å². The number of carbonyl (C=O) groups is 1. The number of halogens is 1. The Kier molecular flexibility index (Phi) is 3.99. The standard InChI is InChI=1S/C12H11FN2O2S/c1-2-7-17-12(16)11-10(14-15-18-11)8-3-5-9(13)6-4-8/h3-6H,2,7H2,1H3. The maximum atomic E-state index is 12.8. The predicted octanol–water partition coefficient (Wildman–Crippen LogP) is 2.91. The van der Waals surface area contributed by atoms with Crippen LogP contribution in [-0.4, -0.2) is 22.2 Å². The Morgan fingerprint density at radius 2 is 2.11 bits per heavy atom. The largest absolute Gasteiger partial charge is 0.461 e. The Morgan fingerprint density at radius 3 is 2.78 bits per heavy atom. The number of hydrogen-bond acceptors (Lipinski definition) is 5.